The average Bonchev–Trinajstić information content (AvgIpc) is 2.48. The van der Waals surface area contributed by atoms with E-state index in [2.05, 4.69) is 10.6 Å². The Morgan fingerprint density at radius 2 is 2.14 bits per heavy atom. The number of benzene rings is 1. The summed E-state index contributed by atoms with van der Waals surface area (Å²) in [5.74, 6) is 0.0495. The number of Topliss-reactive ketones (excluding diaryl/α,β-unsaturated/α-hetero) is 1. The molecule has 0 amide bonds. The van der Waals surface area contributed by atoms with Crippen LogP contribution in [0.25, 0.3) is 0 Å². The molecule has 3 N–H and O–H groups in total. The summed E-state index contributed by atoms with van der Waals surface area (Å²) in [4.78, 5) is 12.9. The lowest BCUT2D eigenvalue weighted by Gasteiger charge is -2.24. The predicted molar refractivity (Wildman–Crippen MR) is 87.1 cm³/mol. The summed E-state index contributed by atoms with van der Waals surface area (Å²) in [5.41, 5.74) is 1.51. The standard InChI is InChI=1S/C15H21N3O2S/c1-12(19)13-3-2-4-14(11-13)17-15(21)16-5-6-18-7-9-20-10-8-18/h2-4,11H,5-10H2,1H3,(H2,16,17,21)/p+1. The molecular weight excluding hydrogens is 286 g/mol. The van der Waals surface area contributed by atoms with Gasteiger partial charge in [0.15, 0.2) is 10.9 Å². The summed E-state index contributed by atoms with van der Waals surface area (Å²) in [6, 6.07) is 7.35. The maximum atomic E-state index is 11.3. The van der Waals surface area contributed by atoms with E-state index in [9.17, 15) is 4.79 Å². The van der Waals surface area contributed by atoms with Gasteiger partial charge in [0.25, 0.3) is 0 Å². The number of nitrogens with one attached hydrogen (secondary N) is 3. The largest absolute Gasteiger partial charge is 0.370 e. The van der Waals surface area contributed by atoms with Crippen molar-refractivity contribution in [3.05, 3.63) is 29.8 Å². The third-order valence-electron chi connectivity index (χ3n) is 3.49. The monoisotopic (exact) mass is 308 g/mol. The van der Waals surface area contributed by atoms with Crippen molar-refractivity contribution >= 4 is 28.8 Å². The van der Waals surface area contributed by atoms with E-state index in [1.807, 2.05) is 18.2 Å². The number of anilines is 1. The lowest BCUT2D eigenvalue weighted by Crippen LogP contribution is -3.14. The number of morpholine rings is 1. The number of carbonyl (C=O) groups is 1. The van der Waals surface area contributed by atoms with E-state index in [4.69, 9.17) is 17.0 Å². The molecule has 1 saturated heterocycles. The average molecular weight is 308 g/mol. The van der Waals surface area contributed by atoms with Gasteiger partial charge in [-0.1, -0.05) is 12.1 Å². The molecule has 5 nitrogen and oxygen atoms in total. The van der Waals surface area contributed by atoms with Crippen molar-refractivity contribution in [3.63, 3.8) is 0 Å². The first kappa shape index (κ1) is 15.9. The number of hydrogen-bond acceptors (Lipinski definition) is 3. The van der Waals surface area contributed by atoms with Crippen LogP contribution in [-0.2, 0) is 4.74 Å². The first-order valence-corrected chi connectivity index (χ1v) is 7.63. The van der Waals surface area contributed by atoms with Crippen molar-refractivity contribution in [1.29, 1.82) is 0 Å². The van der Waals surface area contributed by atoms with E-state index >= 15 is 0 Å². The van der Waals surface area contributed by atoms with E-state index in [1.54, 1.807) is 13.0 Å². The topological polar surface area (TPSA) is 54.8 Å². The highest BCUT2D eigenvalue weighted by Gasteiger charge is 2.12. The number of rotatable bonds is 5. The van der Waals surface area contributed by atoms with E-state index < -0.39 is 0 Å². The molecule has 114 valence electrons. The summed E-state index contributed by atoms with van der Waals surface area (Å²) >= 11 is 5.27. The summed E-state index contributed by atoms with van der Waals surface area (Å²) in [6.07, 6.45) is 0. The summed E-state index contributed by atoms with van der Waals surface area (Å²) in [5, 5.41) is 6.90. The maximum Gasteiger partial charge on any atom is 0.170 e. The van der Waals surface area contributed by atoms with Gasteiger partial charge in [0, 0.05) is 11.3 Å². The van der Waals surface area contributed by atoms with Crippen LogP contribution in [0.5, 0.6) is 0 Å². The Morgan fingerprint density at radius 3 is 2.86 bits per heavy atom. The molecule has 1 aliphatic rings. The first-order chi connectivity index (χ1) is 10.1. The minimum absolute atomic E-state index is 0.0495. The van der Waals surface area contributed by atoms with Crippen LogP contribution in [0.15, 0.2) is 24.3 Å². The van der Waals surface area contributed by atoms with Crippen LogP contribution in [-0.4, -0.2) is 50.3 Å². The Hall–Kier alpha value is -1.50. The fourth-order valence-electron chi connectivity index (χ4n) is 2.25. The summed E-state index contributed by atoms with van der Waals surface area (Å²) < 4.78 is 5.33. The van der Waals surface area contributed by atoms with Crippen LogP contribution in [0.2, 0.25) is 0 Å². The van der Waals surface area contributed by atoms with Crippen LogP contribution in [0.4, 0.5) is 5.69 Å². The van der Waals surface area contributed by atoms with Crippen LogP contribution in [0.1, 0.15) is 17.3 Å². The lowest BCUT2D eigenvalue weighted by molar-refractivity contribution is -0.906. The minimum Gasteiger partial charge on any atom is -0.370 e. The van der Waals surface area contributed by atoms with Gasteiger partial charge in [-0.15, -0.1) is 0 Å². The Bertz CT molecular complexity index is 501. The molecule has 1 aromatic carbocycles. The number of quaternary nitrogens is 1. The molecule has 0 bridgehead atoms. The van der Waals surface area contributed by atoms with Gasteiger partial charge in [-0.3, -0.25) is 4.79 Å². The van der Waals surface area contributed by atoms with Crippen molar-refractivity contribution in [2.45, 2.75) is 6.92 Å². The molecule has 0 spiro atoms. The van der Waals surface area contributed by atoms with Gasteiger partial charge in [-0.25, -0.2) is 0 Å². The smallest absolute Gasteiger partial charge is 0.170 e. The molecule has 0 saturated carbocycles. The molecule has 2 rings (SSSR count). The number of thiocarbonyl (C=S) groups is 1. The van der Waals surface area contributed by atoms with Gasteiger partial charge in [-0.05, 0) is 31.3 Å². The van der Waals surface area contributed by atoms with Crippen molar-refractivity contribution < 1.29 is 14.4 Å². The third-order valence-corrected chi connectivity index (χ3v) is 3.74. The van der Waals surface area contributed by atoms with Gasteiger partial charge < -0.3 is 20.3 Å². The van der Waals surface area contributed by atoms with Crippen LogP contribution < -0.4 is 15.5 Å². The second-order valence-electron chi connectivity index (χ2n) is 5.13. The Balaban J connectivity index is 1.73. The van der Waals surface area contributed by atoms with Crippen molar-refractivity contribution in [1.82, 2.24) is 5.32 Å². The Labute approximate surface area is 130 Å². The van der Waals surface area contributed by atoms with Crippen LogP contribution in [0, 0.1) is 0 Å². The molecule has 0 radical (unpaired) electrons. The molecule has 0 atom stereocenters. The van der Waals surface area contributed by atoms with E-state index in [0.717, 1.165) is 45.1 Å². The number of ether oxygens (including phenoxy) is 1. The minimum atomic E-state index is 0.0495. The fourth-order valence-corrected chi connectivity index (χ4v) is 2.47. The van der Waals surface area contributed by atoms with Gasteiger partial charge in [-0.2, -0.15) is 0 Å². The molecule has 1 aliphatic heterocycles. The number of hydrogen-bond donors (Lipinski definition) is 3. The van der Waals surface area contributed by atoms with E-state index in [1.165, 1.54) is 4.90 Å². The fraction of sp³-hybridized carbons (Fsp3) is 0.467. The van der Waals surface area contributed by atoms with Crippen molar-refractivity contribution in [2.24, 2.45) is 0 Å². The number of carbonyl (C=O) groups excluding carboxylic acids is 1. The summed E-state index contributed by atoms with van der Waals surface area (Å²) in [6.45, 7) is 7.21. The SMILES string of the molecule is CC(=O)c1cccc(NC(=S)NCC[NH+]2CCOCC2)c1. The molecule has 0 aromatic heterocycles. The second kappa shape index (κ2) is 8.07. The van der Waals surface area contributed by atoms with Gasteiger partial charge in [0.2, 0.25) is 0 Å². The molecule has 21 heavy (non-hydrogen) atoms. The first-order valence-electron chi connectivity index (χ1n) is 7.22. The van der Waals surface area contributed by atoms with Crippen molar-refractivity contribution in [2.75, 3.05) is 44.7 Å². The zero-order valence-corrected chi connectivity index (χ0v) is 13.1. The highest BCUT2D eigenvalue weighted by Crippen LogP contribution is 2.10. The molecular formula is C15H22N3O2S+. The zero-order valence-electron chi connectivity index (χ0n) is 12.3. The van der Waals surface area contributed by atoms with E-state index in [0.29, 0.717) is 10.7 Å². The predicted octanol–water partition coefficient (Wildman–Crippen LogP) is 0.0907. The van der Waals surface area contributed by atoms with Gasteiger partial charge in [0.05, 0.1) is 26.3 Å². The highest BCUT2D eigenvalue weighted by molar-refractivity contribution is 7.80. The molecule has 0 unspecified atom stereocenters. The van der Waals surface area contributed by atoms with Gasteiger partial charge in [0.1, 0.15) is 13.1 Å². The number of ketones is 1. The highest BCUT2D eigenvalue weighted by atomic mass is 32.1. The third kappa shape index (κ3) is 5.41. The van der Waals surface area contributed by atoms with Crippen molar-refractivity contribution in [3.8, 4) is 0 Å². The quantitative estimate of drug-likeness (QED) is 0.532. The molecule has 1 aromatic rings. The van der Waals surface area contributed by atoms with E-state index in [-0.39, 0.29) is 5.78 Å². The maximum absolute atomic E-state index is 11.3. The van der Waals surface area contributed by atoms with Crippen LogP contribution in [0.3, 0.4) is 0 Å². The van der Waals surface area contributed by atoms with Crippen LogP contribution >= 0.6 is 12.2 Å². The lowest BCUT2D eigenvalue weighted by atomic mass is 10.1. The molecule has 1 fully saturated rings. The summed E-state index contributed by atoms with van der Waals surface area (Å²) in [7, 11) is 0. The Kier molecular flexibility index (Phi) is 6.10. The normalized spacial score (nSPS) is 15.5. The zero-order chi connectivity index (χ0) is 15.1. The molecule has 6 heteroatoms. The molecule has 0 aliphatic carbocycles. The van der Waals surface area contributed by atoms with Gasteiger partial charge >= 0.3 is 0 Å². The Morgan fingerprint density at radius 1 is 1.38 bits per heavy atom. The molecule has 1 heterocycles. The second-order valence-corrected chi connectivity index (χ2v) is 5.54.